The van der Waals surface area contributed by atoms with Crippen LogP contribution in [0.2, 0.25) is 0 Å². The van der Waals surface area contributed by atoms with E-state index in [0.717, 1.165) is 61.8 Å². The van der Waals surface area contributed by atoms with Gasteiger partial charge in [-0.2, -0.15) is 0 Å². The van der Waals surface area contributed by atoms with Crippen molar-refractivity contribution < 1.29 is 19.1 Å². The molecule has 6 nitrogen and oxygen atoms in total. The van der Waals surface area contributed by atoms with Crippen molar-refractivity contribution in [2.45, 2.75) is 62.1 Å². The van der Waals surface area contributed by atoms with Crippen LogP contribution in [0.3, 0.4) is 0 Å². The van der Waals surface area contributed by atoms with Gasteiger partial charge in [0.25, 0.3) is 11.8 Å². The summed E-state index contributed by atoms with van der Waals surface area (Å²) < 4.78 is 5.56. The number of amides is 2. The molecule has 1 aromatic rings. The van der Waals surface area contributed by atoms with Crippen LogP contribution in [0, 0.1) is 17.3 Å². The molecule has 8 heteroatoms. The van der Waals surface area contributed by atoms with Crippen LogP contribution in [-0.4, -0.2) is 28.7 Å². The Balaban J connectivity index is 1.24. The Bertz CT molecular complexity index is 897. The number of hydrogen-bond acceptors (Lipinski definition) is 5. The normalized spacial score (nSPS) is 34.1. The molecule has 0 spiro atoms. The van der Waals surface area contributed by atoms with E-state index in [4.69, 9.17) is 10.5 Å². The molecule has 3 N–H and O–H groups in total. The van der Waals surface area contributed by atoms with E-state index in [1.807, 2.05) is 0 Å². The van der Waals surface area contributed by atoms with Gasteiger partial charge in [-0.1, -0.05) is 15.9 Å². The number of esters is 1. The van der Waals surface area contributed by atoms with Gasteiger partial charge in [0.05, 0.1) is 11.0 Å². The van der Waals surface area contributed by atoms with Crippen molar-refractivity contribution in [2.24, 2.45) is 23.0 Å². The van der Waals surface area contributed by atoms with E-state index < -0.39 is 17.2 Å². The molecule has 4 saturated carbocycles. The first-order valence-corrected chi connectivity index (χ1v) is 12.0. The molecule has 0 aliphatic heterocycles. The number of primary amides is 1. The zero-order valence-corrected chi connectivity index (χ0v) is 18.6. The molecule has 4 bridgehead atoms. The quantitative estimate of drug-likeness (QED) is 0.497. The van der Waals surface area contributed by atoms with E-state index >= 15 is 0 Å². The van der Waals surface area contributed by atoms with Gasteiger partial charge in [-0.25, -0.2) is 0 Å². The SMILES string of the molecule is NC(=O)c1c(NC(=O)COC(=O)C23CC4CC(CC(Br)(C4)C2)C3)sc2c1CCC2. The third kappa shape index (κ3) is 3.32. The van der Waals surface area contributed by atoms with Gasteiger partial charge >= 0.3 is 5.97 Å². The number of alkyl halides is 1. The Morgan fingerprint density at radius 1 is 1.17 bits per heavy atom. The van der Waals surface area contributed by atoms with Crippen LogP contribution < -0.4 is 11.1 Å². The number of aryl methyl sites for hydroxylation is 1. The lowest BCUT2D eigenvalue weighted by Crippen LogP contribution is -2.56. The van der Waals surface area contributed by atoms with Crippen molar-refractivity contribution in [3.63, 3.8) is 0 Å². The summed E-state index contributed by atoms with van der Waals surface area (Å²) in [6.45, 7) is -0.327. The average Bonchev–Trinajstić information content (AvgIpc) is 3.17. The van der Waals surface area contributed by atoms with Crippen molar-refractivity contribution in [3.05, 3.63) is 16.0 Å². The molecule has 0 aromatic carbocycles. The summed E-state index contributed by atoms with van der Waals surface area (Å²) >= 11 is 5.31. The molecule has 0 saturated heterocycles. The van der Waals surface area contributed by atoms with Gasteiger partial charge in [0, 0.05) is 9.20 Å². The Kier molecular flexibility index (Phi) is 4.59. The molecule has 1 heterocycles. The second kappa shape index (κ2) is 6.80. The Morgan fingerprint density at radius 2 is 1.90 bits per heavy atom. The van der Waals surface area contributed by atoms with Gasteiger partial charge in [-0.05, 0) is 75.2 Å². The van der Waals surface area contributed by atoms with Crippen molar-refractivity contribution in [3.8, 4) is 0 Å². The van der Waals surface area contributed by atoms with Crippen LogP contribution in [0.1, 0.15) is 65.7 Å². The van der Waals surface area contributed by atoms with E-state index in [2.05, 4.69) is 21.2 Å². The fraction of sp³-hybridized carbons (Fsp3) is 0.667. The fourth-order valence-electron chi connectivity index (χ4n) is 6.59. The van der Waals surface area contributed by atoms with Gasteiger partial charge in [0.15, 0.2) is 6.61 Å². The zero-order chi connectivity index (χ0) is 20.4. The maximum atomic E-state index is 13.0. The third-order valence-electron chi connectivity index (χ3n) is 7.18. The Morgan fingerprint density at radius 3 is 2.55 bits per heavy atom. The lowest BCUT2D eigenvalue weighted by Gasteiger charge is -2.58. The molecule has 2 amide bonds. The molecule has 5 aliphatic carbocycles. The number of carbonyl (C=O) groups is 3. The maximum absolute atomic E-state index is 13.0. The first-order valence-electron chi connectivity index (χ1n) is 10.4. The summed E-state index contributed by atoms with van der Waals surface area (Å²) in [7, 11) is 0. The highest BCUT2D eigenvalue weighted by atomic mass is 79.9. The lowest BCUT2D eigenvalue weighted by atomic mass is 9.49. The number of nitrogens with one attached hydrogen (secondary N) is 1. The molecular formula is C21H25BrN2O4S. The maximum Gasteiger partial charge on any atom is 0.312 e. The van der Waals surface area contributed by atoms with Gasteiger partial charge < -0.3 is 15.8 Å². The van der Waals surface area contributed by atoms with Crippen molar-refractivity contribution in [1.82, 2.24) is 0 Å². The van der Waals surface area contributed by atoms with Crippen LogP contribution >= 0.6 is 27.3 Å². The third-order valence-corrected chi connectivity index (χ3v) is 9.31. The Hall–Kier alpha value is -1.41. The van der Waals surface area contributed by atoms with Gasteiger partial charge in [-0.15, -0.1) is 11.3 Å². The summed E-state index contributed by atoms with van der Waals surface area (Å²) in [4.78, 5) is 38.4. The van der Waals surface area contributed by atoms with E-state index in [1.165, 1.54) is 17.8 Å². The molecule has 2 atom stereocenters. The number of halogens is 1. The number of hydrogen-bond donors (Lipinski definition) is 2. The van der Waals surface area contributed by atoms with E-state index in [1.54, 1.807) is 0 Å². The molecule has 2 unspecified atom stereocenters. The number of thiophene rings is 1. The topological polar surface area (TPSA) is 98.5 Å². The van der Waals surface area contributed by atoms with Gasteiger partial charge in [0.2, 0.25) is 0 Å². The predicted octanol–water partition coefficient (Wildman–Crippen LogP) is 3.55. The molecule has 156 valence electrons. The van der Waals surface area contributed by atoms with E-state index in [9.17, 15) is 14.4 Å². The second-order valence-corrected chi connectivity index (χ2v) is 12.2. The minimum atomic E-state index is -0.520. The van der Waals surface area contributed by atoms with E-state index in [0.29, 0.717) is 22.4 Å². The van der Waals surface area contributed by atoms with Crippen molar-refractivity contribution in [1.29, 1.82) is 0 Å². The van der Waals surface area contributed by atoms with Crippen LogP contribution in [0.4, 0.5) is 5.00 Å². The largest absolute Gasteiger partial charge is 0.455 e. The minimum Gasteiger partial charge on any atom is -0.455 e. The van der Waals surface area contributed by atoms with Crippen LogP contribution in [0.25, 0.3) is 0 Å². The van der Waals surface area contributed by atoms with Crippen molar-refractivity contribution in [2.75, 3.05) is 11.9 Å². The highest BCUT2D eigenvalue weighted by Crippen LogP contribution is 2.64. The minimum absolute atomic E-state index is 0.0618. The van der Waals surface area contributed by atoms with Crippen LogP contribution in [-0.2, 0) is 27.2 Å². The molecular weight excluding hydrogens is 456 g/mol. The zero-order valence-electron chi connectivity index (χ0n) is 16.2. The van der Waals surface area contributed by atoms with Crippen LogP contribution in [0.5, 0.6) is 0 Å². The molecule has 5 aliphatic rings. The summed E-state index contributed by atoms with van der Waals surface area (Å²) in [5, 5.41) is 3.23. The molecule has 6 rings (SSSR count). The molecule has 1 aromatic heterocycles. The first kappa shape index (κ1) is 19.5. The lowest BCUT2D eigenvalue weighted by molar-refractivity contribution is -0.170. The number of carbonyl (C=O) groups excluding carboxylic acids is 3. The molecule has 0 radical (unpaired) electrons. The number of fused-ring (bicyclic) bond motifs is 1. The highest BCUT2D eigenvalue weighted by molar-refractivity contribution is 9.10. The summed E-state index contributed by atoms with van der Waals surface area (Å²) in [5.74, 6) is -0.0337. The number of rotatable bonds is 5. The number of nitrogens with two attached hydrogens (primary N) is 1. The molecule has 29 heavy (non-hydrogen) atoms. The molecule has 4 fully saturated rings. The highest BCUT2D eigenvalue weighted by Gasteiger charge is 2.60. The average molecular weight is 481 g/mol. The second-order valence-electron chi connectivity index (χ2n) is 9.44. The van der Waals surface area contributed by atoms with Gasteiger partial charge in [0.1, 0.15) is 5.00 Å². The summed E-state index contributed by atoms with van der Waals surface area (Å²) in [5.41, 5.74) is 6.48. The fourth-order valence-corrected chi connectivity index (χ4v) is 9.35. The summed E-state index contributed by atoms with van der Waals surface area (Å²) in [6, 6.07) is 0. The smallest absolute Gasteiger partial charge is 0.312 e. The first-order chi connectivity index (χ1) is 13.8. The monoisotopic (exact) mass is 480 g/mol. The van der Waals surface area contributed by atoms with Gasteiger partial charge in [-0.3, -0.25) is 14.4 Å². The Labute approximate surface area is 182 Å². The summed E-state index contributed by atoms with van der Waals surface area (Å²) in [6.07, 6.45) is 8.76. The standard InChI is InChI=1S/C21H25BrN2O4S/c22-21-7-11-4-12(8-21)6-20(5-11,10-21)19(27)28-9-15(25)24-18-16(17(23)26)13-2-1-3-14(13)29-18/h11-12H,1-10H2,(H2,23,26)(H,24,25). The van der Waals surface area contributed by atoms with Crippen LogP contribution in [0.15, 0.2) is 0 Å². The number of anilines is 1. The number of ether oxygens (including phenoxy) is 1. The van der Waals surface area contributed by atoms with Crippen molar-refractivity contribution >= 4 is 50.1 Å². The predicted molar refractivity (Wildman–Crippen MR) is 113 cm³/mol. The van der Waals surface area contributed by atoms with E-state index in [-0.39, 0.29) is 16.9 Å².